The monoisotopic (exact) mass is 426 g/mol. The van der Waals surface area contributed by atoms with Crippen LogP contribution in [0.3, 0.4) is 0 Å². The van der Waals surface area contributed by atoms with E-state index >= 15 is 0 Å². The third kappa shape index (κ3) is 3.51. The van der Waals surface area contributed by atoms with Gasteiger partial charge in [-0.05, 0) is 73.7 Å². The van der Waals surface area contributed by atoms with E-state index in [9.17, 15) is 9.18 Å². The van der Waals surface area contributed by atoms with Crippen LogP contribution in [0.25, 0.3) is 28.1 Å². The smallest absolute Gasteiger partial charge is 0.255 e. The minimum absolute atomic E-state index is 0.234. The van der Waals surface area contributed by atoms with Crippen LogP contribution < -0.4 is 5.32 Å². The number of anilines is 1. The van der Waals surface area contributed by atoms with Gasteiger partial charge in [0.2, 0.25) is 0 Å². The van der Waals surface area contributed by atoms with Crippen LogP contribution in [0.2, 0.25) is 0 Å². The van der Waals surface area contributed by atoms with E-state index in [0.717, 1.165) is 33.9 Å². The van der Waals surface area contributed by atoms with Gasteiger partial charge in [0.1, 0.15) is 18.0 Å². The third-order valence-corrected chi connectivity index (χ3v) is 5.28. The lowest BCUT2D eigenvalue weighted by Crippen LogP contribution is -2.12. The Morgan fingerprint density at radius 3 is 2.44 bits per heavy atom. The Bertz CT molecular complexity index is 1430. The Kier molecular flexibility index (Phi) is 4.74. The standard InChI is InChI=1S/C24H19FN6O/c1-15-27-21-12-5-17(13-22(21)31(15)20-10-6-18(25)7-11-20)24(32)28-19-8-3-16(4-9-19)23-29-26-14-30(23)2/h3-14H,1-2H3,(H,28,32). The first kappa shape index (κ1) is 19.6. The van der Waals surface area contributed by atoms with Crippen LogP contribution in [-0.4, -0.2) is 30.2 Å². The molecule has 0 saturated carbocycles. The first-order valence-corrected chi connectivity index (χ1v) is 10.0. The molecule has 32 heavy (non-hydrogen) atoms. The number of nitrogens with zero attached hydrogens (tertiary/aromatic N) is 5. The molecule has 0 fully saturated rings. The summed E-state index contributed by atoms with van der Waals surface area (Å²) in [6.07, 6.45) is 1.64. The minimum atomic E-state index is -0.305. The van der Waals surface area contributed by atoms with E-state index in [2.05, 4.69) is 20.5 Å². The first-order valence-electron chi connectivity index (χ1n) is 10.0. The number of imidazole rings is 1. The molecule has 0 aliphatic heterocycles. The highest BCUT2D eigenvalue weighted by Crippen LogP contribution is 2.24. The highest BCUT2D eigenvalue weighted by atomic mass is 19.1. The van der Waals surface area contributed by atoms with Crippen molar-refractivity contribution < 1.29 is 9.18 Å². The number of carbonyl (C=O) groups excluding carboxylic acids is 1. The topological polar surface area (TPSA) is 77.6 Å². The fraction of sp³-hybridized carbons (Fsp3) is 0.0833. The summed E-state index contributed by atoms with van der Waals surface area (Å²) >= 11 is 0. The normalized spacial score (nSPS) is 11.1. The molecular formula is C24H19FN6O. The zero-order chi connectivity index (χ0) is 22.2. The molecular weight excluding hydrogens is 407 g/mol. The van der Waals surface area contributed by atoms with Crippen molar-refractivity contribution >= 4 is 22.6 Å². The van der Waals surface area contributed by atoms with Gasteiger partial charge in [0, 0.05) is 29.5 Å². The molecule has 7 nitrogen and oxygen atoms in total. The maximum absolute atomic E-state index is 13.4. The zero-order valence-corrected chi connectivity index (χ0v) is 17.5. The molecule has 5 rings (SSSR count). The van der Waals surface area contributed by atoms with Crippen LogP contribution in [-0.2, 0) is 7.05 Å². The molecule has 0 saturated heterocycles. The van der Waals surface area contributed by atoms with Gasteiger partial charge in [-0.2, -0.15) is 0 Å². The Balaban J connectivity index is 1.43. The third-order valence-electron chi connectivity index (χ3n) is 5.28. The molecule has 8 heteroatoms. The summed E-state index contributed by atoms with van der Waals surface area (Å²) in [4.78, 5) is 17.5. The molecule has 2 aromatic heterocycles. The number of halogens is 1. The van der Waals surface area contributed by atoms with E-state index in [-0.39, 0.29) is 11.7 Å². The number of rotatable bonds is 4. The van der Waals surface area contributed by atoms with Crippen LogP contribution in [0, 0.1) is 12.7 Å². The van der Waals surface area contributed by atoms with Gasteiger partial charge in [-0.25, -0.2) is 9.37 Å². The fourth-order valence-corrected chi connectivity index (χ4v) is 3.70. The van der Waals surface area contributed by atoms with Gasteiger partial charge < -0.3 is 9.88 Å². The maximum Gasteiger partial charge on any atom is 0.255 e. The van der Waals surface area contributed by atoms with E-state index in [0.29, 0.717) is 11.3 Å². The van der Waals surface area contributed by atoms with Crippen LogP contribution in [0.15, 0.2) is 73.1 Å². The van der Waals surface area contributed by atoms with Crippen LogP contribution >= 0.6 is 0 Å². The molecule has 3 aromatic carbocycles. The van der Waals surface area contributed by atoms with Gasteiger partial charge in [0.25, 0.3) is 5.91 Å². The van der Waals surface area contributed by atoms with Gasteiger partial charge >= 0.3 is 0 Å². The second-order valence-corrected chi connectivity index (χ2v) is 7.47. The number of benzene rings is 3. The summed E-state index contributed by atoms with van der Waals surface area (Å²) in [5.74, 6) is 0.963. The molecule has 1 amide bonds. The maximum atomic E-state index is 13.4. The van der Waals surface area contributed by atoms with E-state index in [1.165, 1.54) is 12.1 Å². The first-order chi connectivity index (χ1) is 15.5. The fourth-order valence-electron chi connectivity index (χ4n) is 3.70. The Hall–Kier alpha value is -4.33. The Morgan fingerprint density at radius 2 is 1.75 bits per heavy atom. The Labute approximate surface area is 183 Å². The summed E-state index contributed by atoms with van der Waals surface area (Å²) in [5.41, 5.74) is 4.39. The lowest BCUT2D eigenvalue weighted by molar-refractivity contribution is 0.102. The number of fused-ring (bicyclic) bond motifs is 1. The molecule has 0 aliphatic carbocycles. The number of hydrogen-bond donors (Lipinski definition) is 1. The predicted molar refractivity (Wildman–Crippen MR) is 120 cm³/mol. The average Bonchev–Trinajstić information content (AvgIpc) is 3.36. The van der Waals surface area contributed by atoms with Gasteiger partial charge in [-0.15, -0.1) is 10.2 Å². The number of nitrogens with one attached hydrogen (secondary N) is 1. The molecule has 0 spiro atoms. The Morgan fingerprint density at radius 1 is 1.00 bits per heavy atom. The molecule has 158 valence electrons. The molecule has 0 atom stereocenters. The largest absolute Gasteiger partial charge is 0.322 e. The number of aryl methyl sites for hydroxylation is 2. The average molecular weight is 426 g/mol. The lowest BCUT2D eigenvalue weighted by atomic mass is 10.1. The quantitative estimate of drug-likeness (QED) is 0.458. The van der Waals surface area contributed by atoms with Crippen molar-refractivity contribution in [2.24, 2.45) is 7.05 Å². The van der Waals surface area contributed by atoms with E-state index in [1.54, 1.807) is 30.6 Å². The van der Waals surface area contributed by atoms with Crippen molar-refractivity contribution in [3.63, 3.8) is 0 Å². The van der Waals surface area contributed by atoms with E-state index in [1.807, 2.05) is 53.4 Å². The summed E-state index contributed by atoms with van der Waals surface area (Å²) in [6.45, 7) is 1.88. The predicted octanol–water partition coefficient (Wildman–Crippen LogP) is 4.52. The minimum Gasteiger partial charge on any atom is -0.322 e. The van der Waals surface area contributed by atoms with Crippen LogP contribution in [0.1, 0.15) is 16.2 Å². The number of hydrogen-bond acceptors (Lipinski definition) is 4. The van der Waals surface area contributed by atoms with Crippen molar-refractivity contribution in [1.82, 2.24) is 24.3 Å². The molecule has 0 unspecified atom stereocenters. The highest BCUT2D eigenvalue weighted by molar-refractivity contribution is 6.06. The molecule has 0 aliphatic rings. The van der Waals surface area contributed by atoms with E-state index in [4.69, 9.17) is 0 Å². The summed E-state index contributed by atoms with van der Waals surface area (Å²) < 4.78 is 17.1. The summed E-state index contributed by atoms with van der Waals surface area (Å²) in [5, 5.41) is 10.9. The lowest BCUT2D eigenvalue weighted by Gasteiger charge is -2.09. The number of amides is 1. The van der Waals surface area contributed by atoms with Crippen molar-refractivity contribution in [1.29, 1.82) is 0 Å². The molecule has 2 heterocycles. The van der Waals surface area contributed by atoms with Gasteiger partial charge in [0.15, 0.2) is 5.82 Å². The number of aromatic nitrogens is 5. The second kappa shape index (κ2) is 7.73. The van der Waals surface area contributed by atoms with Gasteiger partial charge in [0.05, 0.1) is 11.0 Å². The van der Waals surface area contributed by atoms with Gasteiger partial charge in [-0.3, -0.25) is 9.36 Å². The summed E-state index contributed by atoms with van der Waals surface area (Å²) in [7, 11) is 1.87. The highest BCUT2D eigenvalue weighted by Gasteiger charge is 2.14. The zero-order valence-electron chi connectivity index (χ0n) is 17.5. The molecule has 1 N–H and O–H groups in total. The van der Waals surface area contributed by atoms with Crippen molar-refractivity contribution in [3.05, 3.63) is 90.3 Å². The second-order valence-electron chi connectivity index (χ2n) is 7.47. The number of carbonyl (C=O) groups is 1. The van der Waals surface area contributed by atoms with Crippen LogP contribution in [0.5, 0.6) is 0 Å². The van der Waals surface area contributed by atoms with Crippen molar-refractivity contribution in [2.45, 2.75) is 6.92 Å². The molecule has 0 bridgehead atoms. The SMILES string of the molecule is Cc1nc2ccc(C(=O)Nc3ccc(-c4nncn4C)cc3)cc2n1-c1ccc(F)cc1. The van der Waals surface area contributed by atoms with Crippen molar-refractivity contribution in [3.8, 4) is 17.1 Å². The summed E-state index contributed by atoms with van der Waals surface area (Å²) in [6, 6.07) is 19.0. The van der Waals surface area contributed by atoms with Crippen molar-refractivity contribution in [2.75, 3.05) is 5.32 Å². The van der Waals surface area contributed by atoms with E-state index < -0.39 is 0 Å². The molecule has 5 aromatic rings. The molecule has 0 radical (unpaired) electrons. The van der Waals surface area contributed by atoms with Crippen LogP contribution in [0.4, 0.5) is 10.1 Å². The van der Waals surface area contributed by atoms with Gasteiger partial charge in [-0.1, -0.05) is 0 Å².